The lowest BCUT2D eigenvalue weighted by molar-refractivity contribution is -0.123. The van der Waals surface area contributed by atoms with Gasteiger partial charge < -0.3 is 0 Å². The number of hydrogen-bond acceptors (Lipinski definition) is 1. The molecule has 0 aromatic rings. The van der Waals surface area contributed by atoms with Crippen LogP contribution >= 0.6 is 0 Å². The van der Waals surface area contributed by atoms with Crippen LogP contribution in [-0.2, 0) is 4.79 Å². The third-order valence-corrected chi connectivity index (χ3v) is 3.57. The summed E-state index contributed by atoms with van der Waals surface area (Å²) in [6.07, 6.45) is 4.27. The Hall–Kier alpha value is -0.330. The topological polar surface area (TPSA) is 17.1 Å². The van der Waals surface area contributed by atoms with Crippen LogP contribution in [0.25, 0.3) is 0 Å². The molecule has 17 heavy (non-hydrogen) atoms. The Balaban J connectivity index is 0.00000121. The van der Waals surface area contributed by atoms with E-state index in [0.717, 1.165) is 19.3 Å². The number of hydrogen-bond donors (Lipinski definition) is 0. The van der Waals surface area contributed by atoms with Crippen LogP contribution in [0.1, 0.15) is 74.1 Å². The quantitative estimate of drug-likeness (QED) is 0.671. The van der Waals surface area contributed by atoms with Crippen LogP contribution in [0.5, 0.6) is 0 Å². The maximum atomic E-state index is 11.8. The van der Waals surface area contributed by atoms with Gasteiger partial charge in [0.05, 0.1) is 0 Å². The van der Waals surface area contributed by atoms with Crippen molar-refractivity contribution in [2.45, 2.75) is 74.1 Å². The van der Waals surface area contributed by atoms with Gasteiger partial charge in [0.2, 0.25) is 0 Å². The molecule has 1 saturated carbocycles. The molecule has 1 rings (SSSR count). The van der Waals surface area contributed by atoms with Crippen molar-refractivity contribution < 1.29 is 4.79 Å². The van der Waals surface area contributed by atoms with E-state index in [1.165, 1.54) is 6.42 Å². The Morgan fingerprint density at radius 2 is 1.76 bits per heavy atom. The van der Waals surface area contributed by atoms with Gasteiger partial charge in [-0.2, -0.15) is 0 Å². The zero-order valence-corrected chi connectivity index (χ0v) is 13.0. The number of carbonyl (C=O) groups excluding carboxylic acids is 1. The highest BCUT2D eigenvalue weighted by atomic mass is 16.1. The van der Waals surface area contributed by atoms with E-state index in [2.05, 4.69) is 34.6 Å². The van der Waals surface area contributed by atoms with Crippen LogP contribution in [0.3, 0.4) is 0 Å². The molecule has 1 aliphatic carbocycles. The first-order chi connectivity index (χ1) is 7.81. The largest absolute Gasteiger partial charge is 0.299 e. The Morgan fingerprint density at radius 1 is 1.24 bits per heavy atom. The average Bonchev–Trinajstić information content (AvgIpc) is 2.62. The van der Waals surface area contributed by atoms with Crippen molar-refractivity contribution in [3.05, 3.63) is 0 Å². The Kier molecular flexibility index (Phi) is 7.04. The van der Waals surface area contributed by atoms with Gasteiger partial charge in [-0.05, 0) is 36.5 Å². The van der Waals surface area contributed by atoms with E-state index in [4.69, 9.17) is 0 Å². The van der Waals surface area contributed by atoms with Gasteiger partial charge >= 0.3 is 0 Å². The predicted octanol–water partition coefficient (Wildman–Crippen LogP) is 5.09. The fraction of sp³-hybridized carbons (Fsp3) is 0.938. The zero-order chi connectivity index (χ0) is 13.6. The molecule has 0 amide bonds. The standard InChI is InChI=1S/C14H26O.C2H6/c1-10(2)12(9-14(3,4)5)11-7-6-8-13(11)15;1-2/h10-12H,6-9H2,1-5H3;1-2H3. The molecule has 1 heteroatoms. The molecule has 0 aliphatic heterocycles. The van der Waals surface area contributed by atoms with Crippen LogP contribution in [0, 0.1) is 23.2 Å². The molecule has 1 aliphatic rings. The second-order valence-electron chi connectivity index (χ2n) is 6.64. The van der Waals surface area contributed by atoms with Crippen LogP contribution in [0.2, 0.25) is 0 Å². The monoisotopic (exact) mass is 240 g/mol. The zero-order valence-electron chi connectivity index (χ0n) is 13.0. The summed E-state index contributed by atoms with van der Waals surface area (Å²) in [5.74, 6) is 2.12. The number of ketones is 1. The third-order valence-electron chi connectivity index (χ3n) is 3.57. The van der Waals surface area contributed by atoms with Crippen molar-refractivity contribution in [1.29, 1.82) is 0 Å². The summed E-state index contributed by atoms with van der Waals surface area (Å²) in [4.78, 5) is 11.8. The highest BCUT2D eigenvalue weighted by Gasteiger charge is 2.35. The van der Waals surface area contributed by atoms with Crippen molar-refractivity contribution in [3.63, 3.8) is 0 Å². The second-order valence-corrected chi connectivity index (χ2v) is 6.64. The molecule has 0 saturated heterocycles. The minimum Gasteiger partial charge on any atom is -0.299 e. The Bertz CT molecular complexity index is 222. The number of rotatable bonds is 3. The van der Waals surface area contributed by atoms with E-state index in [1.807, 2.05) is 13.8 Å². The molecular weight excluding hydrogens is 208 g/mol. The third kappa shape index (κ3) is 5.70. The molecule has 2 unspecified atom stereocenters. The minimum atomic E-state index is 0.345. The molecule has 0 radical (unpaired) electrons. The summed E-state index contributed by atoms with van der Waals surface area (Å²) in [5, 5.41) is 0. The molecule has 0 bridgehead atoms. The highest BCUT2D eigenvalue weighted by Crippen LogP contribution is 2.39. The Morgan fingerprint density at radius 3 is 2.06 bits per heavy atom. The van der Waals surface area contributed by atoms with Gasteiger partial charge in [-0.25, -0.2) is 0 Å². The van der Waals surface area contributed by atoms with Gasteiger partial charge in [-0.3, -0.25) is 4.79 Å². The van der Waals surface area contributed by atoms with Crippen LogP contribution < -0.4 is 0 Å². The molecular formula is C16H32O. The summed E-state index contributed by atoms with van der Waals surface area (Å²) in [6.45, 7) is 15.4. The highest BCUT2D eigenvalue weighted by molar-refractivity contribution is 5.83. The lowest BCUT2D eigenvalue weighted by Crippen LogP contribution is -2.27. The van der Waals surface area contributed by atoms with E-state index in [9.17, 15) is 4.79 Å². The Labute approximate surface area is 108 Å². The summed E-state index contributed by atoms with van der Waals surface area (Å²) >= 11 is 0. The molecule has 0 spiro atoms. The van der Waals surface area contributed by atoms with E-state index in [-0.39, 0.29) is 0 Å². The van der Waals surface area contributed by atoms with E-state index >= 15 is 0 Å². The van der Waals surface area contributed by atoms with E-state index in [1.54, 1.807) is 0 Å². The molecule has 2 atom stereocenters. The smallest absolute Gasteiger partial charge is 0.136 e. The van der Waals surface area contributed by atoms with Crippen molar-refractivity contribution in [1.82, 2.24) is 0 Å². The maximum absolute atomic E-state index is 11.8. The van der Waals surface area contributed by atoms with Gasteiger partial charge in [0.15, 0.2) is 0 Å². The summed E-state index contributed by atoms with van der Waals surface area (Å²) in [7, 11) is 0. The van der Waals surface area contributed by atoms with Gasteiger partial charge in [-0.1, -0.05) is 48.5 Å². The van der Waals surface area contributed by atoms with Crippen molar-refractivity contribution in [3.8, 4) is 0 Å². The van der Waals surface area contributed by atoms with Gasteiger partial charge in [0.1, 0.15) is 5.78 Å². The minimum absolute atomic E-state index is 0.345. The number of carbonyl (C=O) groups is 1. The van der Waals surface area contributed by atoms with Crippen molar-refractivity contribution >= 4 is 5.78 Å². The first kappa shape index (κ1) is 16.7. The van der Waals surface area contributed by atoms with Gasteiger partial charge in [-0.15, -0.1) is 0 Å². The lowest BCUT2D eigenvalue weighted by atomic mass is 9.72. The van der Waals surface area contributed by atoms with E-state index < -0.39 is 0 Å². The summed E-state index contributed by atoms with van der Waals surface area (Å²) in [6, 6.07) is 0. The van der Waals surface area contributed by atoms with Crippen molar-refractivity contribution in [2.24, 2.45) is 23.2 Å². The maximum Gasteiger partial charge on any atom is 0.136 e. The van der Waals surface area contributed by atoms with Gasteiger partial charge in [0, 0.05) is 12.3 Å². The SMILES string of the molecule is CC.CC(C)C(CC(C)(C)C)C1CCCC1=O. The molecule has 102 valence electrons. The molecule has 0 N–H and O–H groups in total. The molecule has 0 heterocycles. The van der Waals surface area contributed by atoms with Crippen LogP contribution in [0.15, 0.2) is 0 Å². The molecule has 1 fully saturated rings. The normalized spacial score (nSPS) is 22.4. The van der Waals surface area contributed by atoms with Crippen LogP contribution in [0.4, 0.5) is 0 Å². The summed E-state index contributed by atoms with van der Waals surface area (Å²) in [5.41, 5.74) is 0.345. The second kappa shape index (κ2) is 7.18. The van der Waals surface area contributed by atoms with E-state index in [0.29, 0.717) is 29.0 Å². The lowest BCUT2D eigenvalue weighted by Gasteiger charge is -2.32. The predicted molar refractivity (Wildman–Crippen MR) is 76.1 cm³/mol. The number of Topliss-reactive ketones (excluding diaryl/α,β-unsaturated/α-hetero) is 1. The molecule has 1 nitrogen and oxygen atoms in total. The average molecular weight is 240 g/mol. The van der Waals surface area contributed by atoms with Gasteiger partial charge in [0.25, 0.3) is 0 Å². The first-order valence-electron chi connectivity index (χ1n) is 7.34. The molecule has 0 aromatic carbocycles. The first-order valence-corrected chi connectivity index (χ1v) is 7.34. The van der Waals surface area contributed by atoms with Crippen molar-refractivity contribution in [2.75, 3.05) is 0 Å². The summed E-state index contributed by atoms with van der Waals surface area (Å²) < 4.78 is 0. The molecule has 0 aromatic heterocycles. The fourth-order valence-electron chi connectivity index (χ4n) is 2.85. The van der Waals surface area contributed by atoms with Crippen LogP contribution in [-0.4, -0.2) is 5.78 Å². The fourth-order valence-corrected chi connectivity index (χ4v) is 2.85.